The van der Waals surface area contributed by atoms with Crippen LogP contribution in [0.2, 0.25) is 0 Å². The average molecular weight is 287 g/mol. The molecule has 2 fully saturated rings. The van der Waals surface area contributed by atoms with Gasteiger partial charge in [0.2, 0.25) is 0 Å². The summed E-state index contributed by atoms with van der Waals surface area (Å²) in [5.41, 5.74) is 1.90. The van der Waals surface area contributed by atoms with Crippen molar-refractivity contribution in [3.8, 4) is 0 Å². The molecule has 2 saturated heterocycles. The van der Waals surface area contributed by atoms with Gasteiger partial charge in [0, 0.05) is 24.5 Å². The van der Waals surface area contributed by atoms with E-state index < -0.39 is 0 Å². The Morgan fingerprint density at radius 2 is 1.90 bits per heavy atom. The zero-order chi connectivity index (χ0) is 14.7. The van der Waals surface area contributed by atoms with Crippen molar-refractivity contribution in [3.05, 3.63) is 35.9 Å². The number of likely N-dealkylation sites (tertiary alicyclic amines) is 1. The second-order valence-electron chi connectivity index (χ2n) is 7.04. The van der Waals surface area contributed by atoms with Gasteiger partial charge in [-0.1, -0.05) is 30.3 Å². The van der Waals surface area contributed by atoms with E-state index in [4.69, 9.17) is 0 Å². The van der Waals surface area contributed by atoms with Gasteiger partial charge >= 0.3 is 0 Å². The van der Waals surface area contributed by atoms with Crippen LogP contribution in [0.15, 0.2) is 30.3 Å². The Kier molecular flexibility index (Phi) is 4.63. The lowest BCUT2D eigenvalue weighted by molar-refractivity contribution is 0.188. The lowest BCUT2D eigenvalue weighted by Gasteiger charge is -2.41. The van der Waals surface area contributed by atoms with Crippen molar-refractivity contribution in [1.29, 1.82) is 0 Å². The topological polar surface area (TPSA) is 18.5 Å². The van der Waals surface area contributed by atoms with Gasteiger partial charge in [-0.25, -0.2) is 0 Å². The molecule has 2 aliphatic heterocycles. The van der Waals surface area contributed by atoms with E-state index >= 15 is 0 Å². The fourth-order valence-corrected chi connectivity index (χ4v) is 4.04. The van der Waals surface area contributed by atoms with Crippen molar-refractivity contribution in [2.75, 3.05) is 46.8 Å². The van der Waals surface area contributed by atoms with Gasteiger partial charge in [-0.2, -0.15) is 0 Å². The Morgan fingerprint density at radius 1 is 1.19 bits per heavy atom. The molecule has 1 unspecified atom stereocenters. The van der Waals surface area contributed by atoms with Gasteiger partial charge in [-0.3, -0.25) is 0 Å². The van der Waals surface area contributed by atoms with Crippen molar-refractivity contribution in [3.63, 3.8) is 0 Å². The van der Waals surface area contributed by atoms with E-state index in [9.17, 15) is 0 Å². The number of piperidine rings is 1. The molecule has 1 atom stereocenters. The SMILES string of the molecule is CN(C)C1CCN(CC2(c3ccccc3)CCNCC2)C1. The minimum absolute atomic E-state index is 0.355. The summed E-state index contributed by atoms with van der Waals surface area (Å²) < 4.78 is 0. The highest BCUT2D eigenvalue weighted by atomic mass is 15.2. The zero-order valence-corrected chi connectivity index (χ0v) is 13.5. The molecule has 0 aliphatic carbocycles. The largest absolute Gasteiger partial charge is 0.317 e. The van der Waals surface area contributed by atoms with E-state index in [-0.39, 0.29) is 0 Å². The molecule has 0 amide bonds. The van der Waals surface area contributed by atoms with Crippen LogP contribution in [-0.2, 0) is 5.41 Å². The number of nitrogens with zero attached hydrogens (tertiary/aromatic N) is 2. The molecule has 116 valence electrons. The van der Waals surface area contributed by atoms with E-state index in [1.54, 1.807) is 5.56 Å². The predicted octanol–water partition coefficient (Wildman–Crippen LogP) is 1.94. The molecule has 0 aromatic heterocycles. The molecule has 1 aromatic carbocycles. The van der Waals surface area contributed by atoms with Crippen LogP contribution in [0.4, 0.5) is 0 Å². The highest BCUT2D eigenvalue weighted by Crippen LogP contribution is 2.35. The average Bonchev–Trinajstić information content (AvgIpc) is 2.98. The lowest BCUT2D eigenvalue weighted by Crippen LogP contribution is -2.47. The van der Waals surface area contributed by atoms with Crippen LogP contribution in [-0.4, -0.2) is 62.7 Å². The van der Waals surface area contributed by atoms with Gasteiger partial charge in [-0.05, 0) is 58.6 Å². The molecular weight excluding hydrogens is 258 g/mol. The summed E-state index contributed by atoms with van der Waals surface area (Å²) in [6, 6.07) is 11.9. The summed E-state index contributed by atoms with van der Waals surface area (Å²) >= 11 is 0. The normalized spacial score (nSPS) is 26.3. The van der Waals surface area contributed by atoms with Gasteiger partial charge in [0.25, 0.3) is 0 Å². The molecule has 3 nitrogen and oxygen atoms in total. The van der Waals surface area contributed by atoms with Crippen LogP contribution < -0.4 is 5.32 Å². The number of hydrogen-bond donors (Lipinski definition) is 1. The summed E-state index contributed by atoms with van der Waals surface area (Å²) in [6.45, 7) is 6.02. The van der Waals surface area contributed by atoms with Crippen LogP contribution in [0.1, 0.15) is 24.8 Å². The molecular formula is C18H29N3. The molecule has 2 heterocycles. The second-order valence-corrected chi connectivity index (χ2v) is 7.04. The molecule has 1 N–H and O–H groups in total. The zero-order valence-electron chi connectivity index (χ0n) is 13.5. The molecule has 2 aliphatic rings. The summed E-state index contributed by atoms with van der Waals surface area (Å²) in [5, 5.41) is 3.53. The summed E-state index contributed by atoms with van der Waals surface area (Å²) in [6.07, 6.45) is 3.84. The lowest BCUT2D eigenvalue weighted by atomic mass is 9.73. The first-order valence-corrected chi connectivity index (χ1v) is 8.35. The van der Waals surface area contributed by atoms with Crippen LogP contribution in [0, 0.1) is 0 Å². The minimum Gasteiger partial charge on any atom is -0.317 e. The fourth-order valence-electron chi connectivity index (χ4n) is 4.04. The molecule has 3 rings (SSSR count). The predicted molar refractivity (Wildman–Crippen MR) is 88.8 cm³/mol. The minimum atomic E-state index is 0.355. The molecule has 0 spiro atoms. The first-order chi connectivity index (χ1) is 10.2. The first kappa shape index (κ1) is 15.0. The van der Waals surface area contributed by atoms with E-state index in [1.165, 1.54) is 38.9 Å². The van der Waals surface area contributed by atoms with E-state index in [0.29, 0.717) is 5.41 Å². The number of hydrogen-bond acceptors (Lipinski definition) is 3. The summed E-state index contributed by atoms with van der Waals surface area (Å²) in [7, 11) is 4.43. The van der Waals surface area contributed by atoms with E-state index in [2.05, 4.69) is 59.5 Å². The van der Waals surface area contributed by atoms with Gasteiger partial charge in [0.05, 0.1) is 0 Å². The maximum atomic E-state index is 3.53. The third-order valence-electron chi connectivity index (χ3n) is 5.45. The maximum Gasteiger partial charge on any atom is 0.0229 e. The Morgan fingerprint density at radius 3 is 2.52 bits per heavy atom. The van der Waals surface area contributed by atoms with E-state index in [0.717, 1.165) is 19.1 Å². The fraction of sp³-hybridized carbons (Fsp3) is 0.667. The highest BCUT2D eigenvalue weighted by Gasteiger charge is 2.37. The Bertz CT molecular complexity index is 437. The number of benzene rings is 1. The Labute approximate surface area is 129 Å². The molecule has 21 heavy (non-hydrogen) atoms. The van der Waals surface area contributed by atoms with Gasteiger partial charge in [0.15, 0.2) is 0 Å². The third kappa shape index (κ3) is 3.31. The highest BCUT2D eigenvalue weighted by molar-refractivity contribution is 5.27. The van der Waals surface area contributed by atoms with Crippen molar-refractivity contribution in [1.82, 2.24) is 15.1 Å². The summed E-state index contributed by atoms with van der Waals surface area (Å²) in [4.78, 5) is 5.08. The Balaban J connectivity index is 1.75. The Hall–Kier alpha value is -0.900. The van der Waals surface area contributed by atoms with Crippen LogP contribution in [0.25, 0.3) is 0 Å². The van der Waals surface area contributed by atoms with Gasteiger partial charge < -0.3 is 15.1 Å². The number of likely N-dealkylation sites (N-methyl/N-ethyl adjacent to an activating group) is 1. The smallest absolute Gasteiger partial charge is 0.0229 e. The third-order valence-corrected chi connectivity index (χ3v) is 5.45. The summed E-state index contributed by atoms with van der Waals surface area (Å²) in [5.74, 6) is 0. The molecule has 0 saturated carbocycles. The monoisotopic (exact) mass is 287 g/mol. The van der Waals surface area contributed by atoms with Gasteiger partial charge in [0.1, 0.15) is 0 Å². The van der Waals surface area contributed by atoms with Crippen molar-refractivity contribution in [2.45, 2.75) is 30.7 Å². The second kappa shape index (κ2) is 6.47. The van der Waals surface area contributed by atoms with E-state index in [1.807, 2.05) is 0 Å². The van der Waals surface area contributed by atoms with Crippen molar-refractivity contribution in [2.24, 2.45) is 0 Å². The maximum absolute atomic E-state index is 3.53. The standard InChI is InChI=1S/C18H29N3/c1-20(2)17-8-13-21(14-17)15-18(9-11-19-12-10-18)16-6-4-3-5-7-16/h3-7,17,19H,8-15H2,1-2H3. The van der Waals surface area contributed by atoms with Crippen LogP contribution >= 0.6 is 0 Å². The molecule has 3 heteroatoms. The molecule has 1 aromatic rings. The number of rotatable bonds is 4. The van der Waals surface area contributed by atoms with Crippen LogP contribution in [0.5, 0.6) is 0 Å². The number of nitrogens with one attached hydrogen (secondary N) is 1. The van der Waals surface area contributed by atoms with Crippen molar-refractivity contribution >= 4 is 0 Å². The van der Waals surface area contributed by atoms with Gasteiger partial charge in [-0.15, -0.1) is 0 Å². The quantitative estimate of drug-likeness (QED) is 0.913. The van der Waals surface area contributed by atoms with Crippen LogP contribution in [0.3, 0.4) is 0 Å². The molecule has 0 radical (unpaired) electrons. The first-order valence-electron chi connectivity index (χ1n) is 8.35. The van der Waals surface area contributed by atoms with Crippen molar-refractivity contribution < 1.29 is 0 Å². The molecule has 0 bridgehead atoms.